The molecule has 1 N–H and O–H groups in total. The van der Waals surface area contributed by atoms with Crippen LogP contribution in [0.4, 0.5) is 5.82 Å². The molecular weight excluding hydrogens is 333 g/mol. The maximum Gasteiger partial charge on any atom is 0.271 e. The molecule has 0 aromatic carbocycles. The fourth-order valence-electron chi connectivity index (χ4n) is 1.97. The van der Waals surface area contributed by atoms with Gasteiger partial charge in [-0.2, -0.15) is 4.37 Å². The van der Waals surface area contributed by atoms with Gasteiger partial charge in [0.2, 0.25) is 5.82 Å². The second-order valence-electron chi connectivity index (χ2n) is 4.27. The van der Waals surface area contributed by atoms with Crippen LogP contribution in [-0.2, 0) is 6.61 Å². The smallest absolute Gasteiger partial charge is 0.271 e. The van der Waals surface area contributed by atoms with Gasteiger partial charge in [0, 0.05) is 38.6 Å². The highest BCUT2D eigenvalue weighted by Crippen LogP contribution is 2.26. The topological polar surface area (TPSA) is 63.2 Å². The predicted octanol–water partition coefficient (Wildman–Crippen LogP) is 1.77. The van der Waals surface area contributed by atoms with Crippen LogP contribution in [0.15, 0.2) is 24.5 Å². The summed E-state index contributed by atoms with van der Waals surface area (Å²) in [6, 6.07) is 3.87. The van der Waals surface area contributed by atoms with Crippen LogP contribution in [0.5, 0.6) is 5.88 Å². The van der Waals surface area contributed by atoms with Crippen molar-refractivity contribution in [2.24, 2.45) is 0 Å². The zero-order valence-corrected chi connectivity index (χ0v) is 13.7. The van der Waals surface area contributed by atoms with Gasteiger partial charge in [-0.05, 0) is 17.7 Å². The third kappa shape index (κ3) is 4.67. The summed E-state index contributed by atoms with van der Waals surface area (Å²) in [4.78, 5) is 6.19. The molecule has 1 aliphatic rings. The third-order valence-electron chi connectivity index (χ3n) is 2.98. The number of nitrogens with one attached hydrogen (secondary N) is 1. The van der Waals surface area contributed by atoms with E-state index in [1.807, 2.05) is 12.1 Å². The Morgan fingerprint density at radius 2 is 1.86 bits per heavy atom. The van der Waals surface area contributed by atoms with Crippen LogP contribution in [-0.4, -0.2) is 39.9 Å². The molecule has 6 nitrogen and oxygen atoms in total. The third-order valence-corrected chi connectivity index (χ3v) is 3.49. The molecule has 2 aromatic heterocycles. The zero-order chi connectivity index (χ0) is 12.9. The molecule has 0 saturated carbocycles. The highest BCUT2D eigenvalue weighted by molar-refractivity contribution is 6.99. The van der Waals surface area contributed by atoms with Gasteiger partial charge in [-0.25, -0.2) is 0 Å². The lowest BCUT2D eigenvalue weighted by Gasteiger charge is -2.27. The van der Waals surface area contributed by atoms with Crippen molar-refractivity contribution < 1.29 is 4.74 Å². The lowest BCUT2D eigenvalue weighted by atomic mass is 10.3. The largest absolute Gasteiger partial charge is 0.470 e. The van der Waals surface area contributed by atoms with E-state index in [4.69, 9.17) is 4.74 Å². The van der Waals surface area contributed by atoms with Crippen LogP contribution in [0.3, 0.4) is 0 Å². The van der Waals surface area contributed by atoms with Gasteiger partial charge in [-0.3, -0.25) is 4.98 Å². The van der Waals surface area contributed by atoms with E-state index in [0.717, 1.165) is 37.6 Å². The van der Waals surface area contributed by atoms with Gasteiger partial charge in [0.15, 0.2) is 0 Å². The number of halogens is 2. The van der Waals surface area contributed by atoms with Crippen molar-refractivity contribution in [1.82, 2.24) is 19.0 Å². The summed E-state index contributed by atoms with van der Waals surface area (Å²) in [5, 5.41) is 3.32. The van der Waals surface area contributed by atoms with Crippen molar-refractivity contribution in [2.75, 3.05) is 31.1 Å². The van der Waals surface area contributed by atoms with E-state index >= 15 is 0 Å². The van der Waals surface area contributed by atoms with E-state index in [1.54, 1.807) is 12.4 Å². The molecule has 116 valence electrons. The molecule has 3 rings (SSSR count). The Labute approximate surface area is 140 Å². The number of ether oxygens (including phenoxy) is 1. The van der Waals surface area contributed by atoms with E-state index in [9.17, 15) is 0 Å². The minimum atomic E-state index is 0. The molecule has 0 unspecified atom stereocenters. The number of pyridine rings is 1. The summed E-state index contributed by atoms with van der Waals surface area (Å²) in [6.07, 6.45) is 3.52. The SMILES string of the molecule is Cl.Cl.c1cc(COc2nsnc2N2CCNCC2)ccn1. The minimum Gasteiger partial charge on any atom is -0.470 e. The van der Waals surface area contributed by atoms with Gasteiger partial charge in [-0.1, -0.05) is 0 Å². The summed E-state index contributed by atoms with van der Waals surface area (Å²) < 4.78 is 14.3. The van der Waals surface area contributed by atoms with Crippen LogP contribution in [0.1, 0.15) is 5.56 Å². The first-order valence-corrected chi connectivity index (χ1v) is 6.96. The van der Waals surface area contributed by atoms with Crippen molar-refractivity contribution in [2.45, 2.75) is 6.61 Å². The van der Waals surface area contributed by atoms with E-state index < -0.39 is 0 Å². The fraction of sp³-hybridized carbons (Fsp3) is 0.417. The van der Waals surface area contributed by atoms with Gasteiger partial charge in [-0.15, -0.1) is 29.2 Å². The molecule has 3 heterocycles. The molecule has 0 bridgehead atoms. The summed E-state index contributed by atoms with van der Waals surface area (Å²) in [5.41, 5.74) is 1.08. The number of rotatable bonds is 4. The normalized spacial score (nSPS) is 14.0. The molecule has 0 atom stereocenters. The van der Waals surface area contributed by atoms with E-state index in [0.29, 0.717) is 12.5 Å². The van der Waals surface area contributed by atoms with Crippen molar-refractivity contribution in [3.63, 3.8) is 0 Å². The van der Waals surface area contributed by atoms with Crippen molar-refractivity contribution in [3.8, 4) is 5.88 Å². The average molecular weight is 350 g/mol. The van der Waals surface area contributed by atoms with Gasteiger partial charge in [0.05, 0.1) is 11.7 Å². The Balaban J connectivity index is 0.00000110. The molecule has 1 fully saturated rings. The maximum absolute atomic E-state index is 5.76. The maximum atomic E-state index is 5.76. The van der Waals surface area contributed by atoms with Crippen LogP contribution in [0.25, 0.3) is 0 Å². The first-order chi connectivity index (χ1) is 9.43. The Morgan fingerprint density at radius 1 is 1.14 bits per heavy atom. The summed E-state index contributed by atoms with van der Waals surface area (Å²) >= 11 is 1.20. The number of aromatic nitrogens is 3. The lowest BCUT2D eigenvalue weighted by molar-refractivity contribution is 0.296. The first kappa shape index (κ1) is 17.9. The Bertz CT molecular complexity index is 521. The van der Waals surface area contributed by atoms with Gasteiger partial charge < -0.3 is 15.0 Å². The molecule has 1 saturated heterocycles. The van der Waals surface area contributed by atoms with Crippen molar-refractivity contribution >= 4 is 42.4 Å². The lowest BCUT2D eigenvalue weighted by Crippen LogP contribution is -2.43. The Morgan fingerprint density at radius 3 is 2.57 bits per heavy atom. The average Bonchev–Trinajstić information content (AvgIpc) is 2.95. The number of anilines is 1. The fourth-order valence-corrected chi connectivity index (χ4v) is 2.49. The van der Waals surface area contributed by atoms with E-state index in [1.165, 1.54) is 11.7 Å². The quantitative estimate of drug-likeness (QED) is 0.907. The molecule has 1 aliphatic heterocycles. The molecule has 9 heteroatoms. The van der Waals surface area contributed by atoms with Crippen LogP contribution in [0.2, 0.25) is 0 Å². The number of hydrogen-bond donors (Lipinski definition) is 1. The highest BCUT2D eigenvalue weighted by Gasteiger charge is 2.19. The second-order valence-corrected chi connectivity index (χ2v) is 4.80. The van der Waals surface area contributed by atoms with Crippen LogP contribution in [0, 0.1) is 0 Å². The molecule has 0 radical (unpaired) electrons. The zero-order valence-electron chi connectivity index (χ0n) is 11.3. The van der Waals surface area contributed by atoms with Crippen molar-refractivity contribution in [3.05, 3.63) is 30.1 Å². The summed E-state index contributed by atoms with van der Waals surface area (Å²) in [6.45, 7) is 4.32. The van der Waals surface area contributed by atoms with E-state index in [2.05, 4.69) is 23.9 Å². The molecule has 0 amide bonds. The highest BCUT2D eigenvalue weighted by atomic mass is 35.5. The molecule has 21 heavy (non-hydrogen) atoms. The standard InChI is InChI=1S/C12H15N5OS.2ClH/c1-3-13-4-2-10(1)9-18-12-11(15-19-16-12)17-7-5-14-6-8-17;;/h1-4,14H,5-9H2;2*1H. The van der Waals surface area contributed by atoms with Gasteiger partial charge >= 0.3 is 0 Å². The van der Waals surface area contributed by atoms with Gasteiger partial charge in [0.1, 0.15) is 6.61 Å². The Hall–Kier alpha value is -1.15. The minimum absolute atomic E-state index is 0. The summed E-state index contributed by atoms with van der Waals surface area (Å²) in [5.74, 6) is 1.49. The number of piperazine rings is 1. The first-order valence-electron chi connectivity index (χ1n) is 6.23. The predicted molar refractivity (Wildman–Crippen MR) is 88.1 cm³/mol. The number of hydrogen-bond acceptors (Lipinski definition) is 7. The van der Waals surface area contributed by atoms with Crippen molar-refractivity contribution in [1.29, 1.82) is 0 Å². The van der Waals surface area contributed by atoms with Crippen LogP contribution < -0.4 is 15.0 Å². The Kier molecular flexibility index (Phi) is 7.66. The molecular formula is C12H17Cl2N5OS. The second kappa shape index (κ2) is 8.99. The van der Waals surface area contributed by atoms with Gasteiger partial charge in [0.25, 0.3) is 5.88 Å². The summed E-state index contributed by atoms with van der Waals surface area (Å²) in [7, 11) is 0. The van der Waals surface area contributed by atoms with E-state index in [-0.39, 0.29) is 24.8 Å². The monoisotopic (exact) mass is 349 g/mol. The number of nitrogens with zero attached hydrogens (tertiary/aromatic N) is 4. The molecule has 0 spiro atoms. The molecule has 2 aromatic rings. The molecule has 0 aliphatic carbocycles. The van der Waals surface area contributed by atoms with Crippen LogP contribution >= 0.6 is 36.5 Å².